The second kappa shape index (κ2) is 4.04. The molecule has 0 amide bonds. The first-order valence-electron chi connectivity index (χ1n) is 6.29. The molecule has 1 aliphatic carbocycles. The molecule has 2 unspecified atom stereocenters. The molecule has 0 radical (unpaired) electrons. The van der Waals surface area contributed by atoms with Crippen LogP contribution in [0.3, 0.4) is 0 Å². The molecular formula is C11H18N4O2S. The quantitative estimate of drug-likeness (QED) is 0.788. The number of hydrogen-bond acceptors (Lipinski definition) is 4. The first kappa shape index (κ1) is 12.1. The van der Waals surface area contributed by atoms with Crippen molar-refractivity contribution in [3.05, 3.63) is 12.0 Å². The van der Waals surface area contributed by atoms with Crippen molar-refractivity contribution in [2.75, 3.05) is 13.1 Å². The molecule has 2 fully saturated rings. The maximum absolute atomic E-state index is 12.2. The number of fused-ring (bicyclic) bond motifs is 1. The van der Waals surface area contributed by atoms with Crippen LogP contribution >= 0.6 is 0 Å². The fraction of sp³-hybridized carbons (Fsp3) is 0.727. The summed E-state index contributed by atoms with van der Waals surface area (Å²) in [5.74, 6) is 1.67. The van der Waals surface area contributed by atoms with E-state index in [1.165, 1.54) is 0 Å². The highest BCUT2D eigenvalue weighted by Gasteiger charge is 2.54. The van der Waals surface area contributed by atoms with Crippen molar-refractivity contribution in [2.24, 2.45) is 11.8 Å². The highest BCUT2D eigenvalue weighted by Crippen LogP contribution is 2.42. The second-order valence-corrected chi connectivity index (χ2v) is 6.71. The number of imidazole rings is 1. The Morgan fingerprint density at radius 2 is 2.17 bits per heavy atom. The molecule has 2 aliphatic rings. The Kier molecular flexibility index (Phi) is 2.72. The van der Waals surface area contributed by atoms with Crippen molar-refractivity contribution in [3.8, 4) is 0 Å². The van der Waals surface area contributed by atoms with Crippen LogP contribution in [0.4, 0.5) is 0 Å². The van der Waals surface area contributed by atoms with E-state index in [2.05, 4.69) is 15.0 Å². The van der Waals surface area contributed by atoms with Gasteiger partial charge in [0.1, 0.15) is 5.82 Å². The van der Waals surface area contributed by atoms with Gasteiger partial charge in [0, 0.05) is 18.8 Å². The molecule has 0 spiro atoms. The van der Waals surface area contributed by atoms with Gasteiger partial charge in [-0.25, -0.2) is 18.1 Å². The van der Waals surface area contributed by atoms with Gasteiger partial charge in [-0.15, -0.1) is 0 Å². The van der Waals surface area contributed by atoms with Gasteiger partial charge in [-0.05, 0) is 38.8 Å². The lowest BCUT2D eigenvalue weighted by Crippen LogP contribution is -2.32. The maximum atomic E-state index is 12.2. The zero-order valence-corrected chi connectivity index (χ0v) is 11.4. The molecule has 3 rings (SSSR count). The van der Waals surface area contributed by atoms with Gasteiger partial charge in [0.2, 0.25) is 0 Å². The minimum Gasteiger partial charge on any atom is -0.334 e. The van der Waals surface area contributed by atoms with Crippen molar-refractivity contribution in [1.82, 2.24) is 19.6 Å². The number of hydrogen-bond donors (Lipinski definition) is 2. The fourth-order valence-electron chi connectivity index (χ4n) is 2.76. The van der Waals surface area contributed by atoms with Crippen molar-refractivity contribution in [3.63, 3.8) is 0 Å². The predicted octanol–water partition coefficient (Wildman–Crippen LogP) is -0.292. The van der Waals surface area contributed by atoms with E-state index in [1.807, 2.05) is 18.4 Å². The lowest BCUT2D eigenvalue weighted by Gasteiger charge is -2.06. The first-order chi connectivity index (χ1) is 8.53. The van der Waals surface area contributed by atoms with E-state index in [9.17, 15) is 8.42 Å². The smallest absolute Gasteiger partial charge is 0.259 e. The zero-order valence-electron chi connectivity index (χ0n) is 10.5. The first-order valence-corrected chi connectivity index (χ1v) is 7.78. The second-order valence-electron chi connectivity index (χ2n) is 5.05. The molecule has 0 bridgehead atoms. The van der Waals surface area contributed by atoms with Crippen LogP contribution < -0.4 is 10.0 Å². The van der Waals surface area contributed by atoms with Crippen LogP contribution in [0.15, 0.2) is 11.2 Å². The third-order valence-corrected chi connectivity index (χ3v) is 5.28. The summed E-state index contributed by atoms with van der Waals surface area (Å²) in [6.45, 7) is 6.35. The third kappa shape index (κ3) is 1.86. The number of nitrogens with zero attached hydrogens (tertiary/aromatic N) is 2. The standard InChI is InChI=1S/C11H18N4O2S/c1-3-15-6-10(13-7(15)2)18(16,17)14-11-8-4-12-5-9(8)11/h6,8-9,11-12,14H,3-5H2,1-2H3. The van der Waals surface area contributed by atoms with Gasteiger partial charge in [0.25, 0.3) is 10.0 Å². The largest absolute Gasteiger partial charge is 0.334 e. The molecule has 2 heterocycles. The van der Waals surface area contributed by atoms with Gasteiger partial charge in [-0.1, -0.05) is 0 Å². The van der Waals surface area contributed by atoms with Crippen molar-refractivity contribution >= 4 is 10.0 Å². The zero-order chi connectivity index (χ0) is 12.9. The highest BCUT2D eigenvalue weighted by atomic mass is 32.2. The number of aromatic nitrogens is 2. The van der Waals surface area contributed by atoms with Crippen LogP contribution in [0.25, 0.3) is 0 Å². The molecule has 2 atom stereocenters. The van der Waals surface area contributed by atoms with E-state index >= 15 is 0 Å². The molecule has 18 heavy (non-hydrogen) atoms. The van der Waals surface area contributed by atoms with Gasteiger partial charge < -0.3 is 9.88 Å². The van der Waals surface area contributed by atoms with Crippen LogP contribution in [0.1, 0.15) is 12.7 Å². The predicted molar refractivity (Wildman–Crippen MR) is 66.6 cm³/mol. The van der Waals surface area contributed by atoms with Crippen molar-refractivity contribution in [1.29, 1.82) is 0 Å². The topological polar surface area (TPSA) is 76.0 Å². The average molecular weight is 270 g/mol. The highest BCUT2D eigenvalue weighted by molar-refractivity contribution is 7.89. The van der Waals surface area contributed by atoms with Gasteiger partial charge in [-0.2, -0.15) is 0 Å². The molecule has 2 N–H and O–H groups in total. The van der Waals surface area contributed by atoms with E-state index < -0.39 is 10.0 Å². The molecule has 1 aromatic rings. The van der Waals surface area contributed by atoms with Crippen LogP contribution in [-0.4, -0.2) is 37.1 Å². The fourth-order valence-corrected chi connectivity index (χ4v) is 4.11. The van der Waals surface area contributed by atoms with Gasteiger partial charge in [0.05, 0.1) is 0 Å². The van der Waals surface area contributed by atoms with Crippen LogP contribution in [0.2, 0.25) is 0 Å². The lowest BCUT2D eigenvalue weighted by atomic mass is 10.4. The van der Waals surface area contributed by atoms with E-state index in [0.717, 1.165) is 25.5 Å². The Hall–Kier alpha value is -0.920. The SMILES string of the molecule is CCn1cc(S(=O)(=O)NC2C3CNCC32)nc1C. The number of piperidine rings is 1. The van der Waals surface area contributed by atoms with E-state index in [-0.39, 0.29) is 11.1 Å². The van der Waals surface area contributed by atoms with Gasteiger partial charge >= 0.3 is 0 Å². The van der Waals surface area contributed by atoms with E-state index in [4.69, 9.17) is 0 Å². The summed E-state index contributed by atoms with van der Waals surface area (Å²) < 4.78 is 29.0. The lowest BCUT2D eigenvalue weighted by molar-refractivity contribution is 0.562. The molecule has 1 saturated carbocycles. The summed E-state index contributed by atoms with van der Waals surface area (Å²) in [5.41, 5.74) is 0. The molecule has 7 heteroatoms. The molecule has 1 aromatic heterocycles. The Balaban J connectivity index is 1.77. The minimum atomic E-state index is -3.46. The molecule has 0 aromatic carbocycles. The number of sulfonamides is 1. The van der Waals surface area contributed by atoms with E-state index in [0.29, 0.717) is 11.8 Å². The molecule has 100 valence electrons. The number of rotatable bonds is 4. The summed E-state index contributed by atoms with van der Waals surface area (Å²) in [5, 5.41) is 3.38. The number of nitrogens with one attached hydrogen (secondary N) is 2. The molecule has 6 nitrogen and oxygen atoms in total. The van der Waals surface area contributed by atoms with Gasteiger partial charge in [0.15, 0.2) is 5.03 Å². The molecule has 1 aliphatic heterocycles. The van der Waals surface area contributed by atoms with Crippen LogP contribution in [-0.2, 0) is 16.6 Å². The van der Waals surface area contributed by atoms with Crippen molar-refractivity contribution in [2.45, 2.75) is 31.5 Å². The van der Waals surface area contributed by atoms with Crippen molar-refractivity contribution < 1.29 is 8.42 Å². The Labute approximate surface area is 107 Å². The summed E-state index contributed by atoms with van der Waals surface area (Å²) in [7, 11) is -3.46. The van der Waals surface area contributed by atoms with Crippen LogP contribution in [0, 0.1) is 18.8 Å². The summed E-state index contributed by atoms with van der Waals surface area (Å²) in [4.78, 5) is 4.12. The normalized spacial score (nSPS) is 30.4. The minimum absolute atomic E-state index is 0.100. The number of aryl methyl sites for hydroxylation is 2. The molecule has 1 saturated heterocycles. The van der Waals surface area contributed by atoms with Crippen LogP contribution in [0.5, 0.6) is 0 Å². The Morgan fingerprint density at radius 1 is 1.50 bits per heavy atom. The van der Waals surface area contributed by atoms with E-state index in [1.54, 1.807) is 6.20 Å². The van der Waals surface area contributed by atoms with Gasteiger partial charge in [-0.3, -0.25) is 0 Å². The summed E-state index contributed by atoms with van der Waals surface area (Å²) >= 11 is 0. The summed E-state index contributed by atoms with van der Waals surface area (Å²) in [6.07, 6.45) is 1.61. The molecular weight excluding hydrogens is 252 g/mol. The summed E-state index contributed by atoms with van der Waals surface area (Å²) in [6, 6.07) is 0.100. The maximum Gasteiger partial charge on any atom is 0.259 e. The Bertz CT molecular complexity index is 556. The third-order valence-electron chi connectivity index (χ3n) is 3.95. The monoisotopic (exact) mass is 270 g/mol. The average Bonchev–Trinajstić information content (AvgIpc) is 2.75. The Morgan fingerprint density at radius 3 is 2.72 bits per heavy atom.